The molecule has 0 saturated carbocycles. The molecule has 0 aliphatic rings. The fourth-order valence-electron chi connectivity index (χ4n) is 0.695. The molecule has 0 spiro atoms. The van der Waals surface area contributed by atoms with Crippen molar-refractivity contribution in [3.8, 4) is 0 Å². The zero-order chi connectivity index (χ0) is 14.1. The number of rotatable bonds is 8. The fraction of sp³-hybridized carbons (Fsp3) is 0.615. The van der Waals surface area contributed by atoms with E-state index in [2.05, 4.69) is 22.6 Å². The van der Waals surface area contributed by atoms with Gasteiger partial charge >= 0.3 is 6.16 Å². The van der Waals surface area contributed by atoms with Crippen LogP contribution in [-0.4, -0.2) is 31.9 Å². The third-order valence-corrected chi connectivity index (χ3v) is 2.38. The highest BCUT2D eigenvalue weighted by atomic mass is 16.8. The summed E-state index contributed by atoms with van der Waals surface area (Å²) in [5.41, 5.74) is 1.70. The predicted molar refractivity (Wildman–Crippen MR) is 68.0 cm³/mol. The van der Waals surface area contributed by atoms with Gasteiger partial charge in [0.1, 0.15) is 0 Å². The van der Waals surface area contributed by atoms with Crippen molar-refractivity contribution in [3.63, 3.8) is 0 Å². The molecule has 0 N–H and O–H groups in total. The fourth-order valence-corrected chi connectivity index (χ4v) is 0.695. The zero-order valence-electron chi connectivity index (χ0n) is 11.5. The van der Waals surface area contributed by atoms with Crippen LogP contribution >= 0.6 is 0 Å². The summed E-state index contributed by atoms with van der Waals surface area (Å²) in [5.74, 6) is 0. The van der Waals surface area contributed by atoms with Gasteiger partial charge in [0.05, 0.1) is 12.2 Å². The van der Waals surface area contributed by atoms with Crippen molar-refractivity contribution >= 4 is 6.16 Å². The number of hydrogen-bond donors (Lipinski definition) is 0. The Bertz CT molecular complexity index is 270. The highest BCUT2D eigenvalue weighted by Crippen LogP contribution is 2.04. The second kappa shape index (κ2) is 8.72. The number of carbonyl (C=O) groups is 1. The van der Waals surface area contributed by atoms with Crippen LogP contribution in [0.25, 0.3) is 0 Å². The molecule has 5 heteroatoms. The summed E-state index contributed by atoms with van der Waals surface area (Å²) in [6, 6.07) is 0. The van der Waals surface area contributed by atoms with Crippen LogP contribution in [0, 0.1) is 0 Å². The van der Waals surface area contributed by atoms with Crippen molar-refractivity contribution < 1.29 is 23.7 Å². The molecule has 104 valence electrons. The molecule has 0 heterocycles. The molecule has 5 nitrogen and oxygen atoms in total. The van der Waals surface area contributed by atoms with Crippen LogP contribution in [0.5, 0.6) is 0 Å². The first-order chi connectivity index (χ1) is 8.34. The molecule has 0 aromatic heterocycles. The molecular weight excluding hydrogens is 236 g/mol. The lowest BCUT2D eigenvalue weighted by molar-refractivity contribution is -0.0961. The van der Waals surface area contributed by atoms with E-state index >= 15 is 0 Å². The lowest BCUT2D eigenvalue weighted by Crippen LogP contribution is -2.18. The van der Waals surface area contributed by atoms with E-state index in [4.69, 9.17) is 9.47 Å². The third-order valence-electron chi connectivity index (χ3n) is 2.38. The van der Waals surface area contributed by atoms with E-state index < -0.39 is 6.16 Å². The van der Waals surface area contributed by atoms with Crippen molar-refractivity contribution in [1.82, 2.24) is 0 Å². The Balaban J connectivity index is 3.61. The molecule has 0 rings (SSSR count). The minimum Gasteiger partial charge on any atom is -0.407 e. The van der Waals surface area contributed by atoms with Gasteiger partial charge in [0.15, 0.2) is 13.6 Å². The van der Waals surface area contributed by atoms with Gasteiger partial charge in [-0.05, 0) is 27.7 Å². The van der Waals surface area contributed by atoms with Gasteiger partial charge < -0.3 is 18.9 Å². The Labute approximate surface area is 108 Å². The van der Waals surface area contributed by atoms with Gasteiger partial charge in [0, 0.05) is 0 Å². The van der Waals surface area contributed by atoms with Gasteiger partial charge in [0.25, 0.3) is 0 Å². The maximum absolute atomic E-state index is 11.1. The molecule has 18 heavy (non-hydrogen) atoms. The standard InChI is InChI=1S/C13H22O5/c1-9(2)11(5)15-7-17-13(14)18-8-16-12(6)10(3)4/h11-12H,1,3,7-8H2,2,4-6H3. The lowest BCUT2D eigenvalue weighted by atomic mass is 10.2. The molecule has 0 bridgehead atoms. The second-order valence-electron chi connectivity index (χ2n) is 4.08. The predicted octanol–water partition coefficient (Wildman–Crippen LogP) is 3.02. The Morgan fingerprint density at radius 2 is 1.28 bits per heavy atom. The highest BCUT2D eigenvalue weighted by molar-refractivity contribution is 5.59. The smallest absolute Gasteiger partial charge is 0.407 e. The Morgan fingerprint density at radius 1 is 0.944 bits per heavy atom. The molecule has 0 radical (unpaired) electrons. The van der Waals surface area contributed by atoms with E-state index in [1.807, 2.05) is 27.7 Å². The van der Waals surface area contributed by atoms with Crippen LogP contribution in [0.15, 0.2) is 24.3 Å². The molecule has 0 amide bonds. The van der Waals surface area contributed by atoms with Gasteiger partial charge in [-0.25, -0.2) is 4.79 Å². The molecule has 0 aliphatic carbocycles. The molecule has 2 atom stereocenters. The molecule has 0 fully saturated rings. The Morgan fingerprint density at radius 3 is 1.56 bits per heavy atom. The van der Waals surface area contributed by atoms with E-state index in [1.54, 1.807) is 0 Å². The quantitative estimate of drug-likeness (QED) is 0.380. The van der Waals surface area contributed by atoms with Crippen LogP contribution in [0.1, 0.15) is 27.7 Å². The summed E-state index contributed by atoms with van der Waals surface area (Å²) < 4.78 is 19.7. The average Bonchev–Trinajstić information content (AvgIpc) is 2.28. The van der Waals surface area contributed by atoms with Crippen LogP contribution in [0.4, 0.5) is 4.79 Å². The lowest BCUT2D eigenvalue weighted by Gasteiger charge is -2.14. The first-order valence-corrected chi connectivity index (χ1v) is 5.68. The number of hydrogen-bond acceptors (Lipinski definition) is 5. The molecule has 0 saturated heterocycles. The van der Waals surface area contributed by atoms with E-state index in [0.29, 0.717) is 0 Å². The molecule has 0 aromatic carbocycles. The van der Waals surface area contributed by atoms with Crippen LogP contribution in [0.2, 0.25) is 0 Å². The van der Waals surface area contributed by atoms with Gasteiger partial charge in [0.2, 0.25) is 0 Å². The molecule has 2 unspecified atom stereocenters. The summed E-state index contributed by atoms with van der Waals surface area (Å²) in [6.45, 7) is 14.4. The topological polar surface area (TPSA) is 54.0 Å². The third kappa shape index (κ3) is 7.86. The van der Waals surface area contributed by atoms with Crippen LogP contribution < -0.4 is 0 Å². The SMILES string of the molecule is C=C(C)C(C)OCOC(=O)OCOC(C)C(=C)C. The van der Waals surface area contributed by atoms with Gasteiger partial charge in [-0.3, -0.25) is 0 Å². The minimum absolute atomic E-state index is 0.169. The van der Waals surface area contributed by atoms with Crippen molar-refractivity contribution in [2.75, 3.05) is 13.6 Å². The summed E-state index contributed by atoms with van der Waals surface area (Å²) in [6.07, 6.45) is -1.17. The summed E-state index contributed by atoms with van der Waals surface area (Å²) in [4.78, 5) is 11.1. The maximum Gasteiger partial charge on any atom is 0.512 e. The Hall–Kier alpha value is -1.33. The monoisotopic (exact) mass is 258 g/mol. The van der Waals surface area contributed by atoms with Gasteiger partial charge in [-0.2, -0.15) is 0 Å². The first kappa shape index (κ1) is 16.7. The van der Waals surface area contributed by atoms with Crippen molar-refractivity contribution in [1.29, 1.82) is 0 Å². The Kier molecular flexibility index (Phi) is 8.07. The van der Waals surface area contributed by atoms with E-state index in [1.165, 1.54) is 0 Å². The summed E-state index contributed by atoms with van der Waals surface area (Å²) in [7, 11) is 0. The van der Waals surface area contributed by atoms with Crippen molar-refractivity contribution in [2.45, 2.75) is 39.9 Å². The number of ether oxygens (including phenoxy) is 4. The van der Waals surface area contributed by atoms with Crippen molar-refractivity contribution in [3.05, 3.63) is 24.3 Å². The molecule has 0 aromatic rings. The van der Waals surface area contributed by atoms with E-state index in [-0.39, 0.29) is 25.8 Å². The average molecular weight is 258 g/mol. The normalized spacial score (nSPS) is 13.6. The number of carbonyl (C=O) groups excluding carboxylic acids is 1. The molecular formula is C13H22O5. The van der Waals surface area contributed by atoms with Crippen LogP contribution in [0.3, 0.4) is 0 Å². The van der Waals surface area contributed by atoms with Crippen molar-refractivity contribution in [2.24, 2.45) is 0 Å². The van der Waals surface area contributed by atoms with Gasteiger partial charge in [-0.1, -0.05) is 24.3 Å². The highest BCUT2D eigenvalue weighted by Gasteiger charge is 2.08. The van der Waals surface area contributed by atoms with Gasteiger partial charge in [-0.15, -0.1) is 0 Å². The minimum atomic E-state index is -0.835. The van der Waals surface area contributed by atoms with E-state index in [9.17, 15) is 4.79 Å². The van der Waals surface area contributed by atoms with Crippen LogP contribution in [-0.2, 0) is 18.9 Å². The molecule has 0 aliphatic heterocycles. The largest absolute Gasteiger partial charge is 0.512 e. The maximum atomic E-state index is 11.1. The summed E-state index contributed by atoms with van der Waals surface area (Å²) in [5, 5.41) is 0. The first-order valence-electron chi connectivity index (χ1n) is 5.68. The van der Waals surface area contributed by atoms with E-state index in [0.717, 1.165) is 11.1 Å². The zero-order valence-corrected chi connectivity index (χ0v) is 11.5. The second-order valence-corrected chi connectivity index (χ2v) is 4.08. The summed E-state index contributed by atoms with van der Waals surface area (Å²) >= 11 is 0.